The van der Waals surface area contributed by atoms with E-state index in [0.717, 1.165) is 67.5 Å². The first-order valence-electron chi connectivity index (χ1n) is 18.7. The maximum Gasteiger partial charge on any atom is 0.254 e. The zero-order valence-electron chi connectivity index (χ0n) is 32.2. The number of hydrogen-bond acceptors (Lipinski definition) is 10. The predicted molar refractivity (Wildman–Crippen MR) is 209 cm³/mol. The van der Waals surface area contributed by atoms with E-state index in [1.807, 2.05) is 58.1 Å². The van der Waals surface area contributed by atoms with E-state index in [1.54, 1.807) is 53.9 Å². The Bertz CT molecular complexity index is 2120. The van der Waals surface area contributed by atoms with Crippen molar-refractivity contribution in [2.45, 2.75) is 37.6 Å². The van der Waals surface area contributed by atoms with Gasteiger partial charge in [-0.3, -0.25) is 14.6 Å². The van der Waals surface area contributed by atoms with Crippen molar-refractivity contribution in [3.05, 3.63) is 102 Å². The van der Waals surface area contributed by atoms with Crippen LogP contribution in [0, 0.1) is 5.92 Å². The van der Waals surface area contributed by atoms with Crippen LogP contribution in [0.5, 0.6) is 28.7 Å². The van der Waals surface area contributed by atoms with Crippen LogP contribution in [0.4, 0.5) is 0 Å². The molecule has 2 aliphatic heterocycles. The van der Waals surface area contributed by atoms with Gasteiger partial charge in [0.15, 0.2) is 28.8 Å². The number of rotatable bonds is 14. The summed E-state index contributed by atoms with van der Waals surface area (Å²) >= 11 is 0. The first-order valence-corrected chi connectivity index (χ1v) is 18.7. The molecule has 12 nitrogen and oxygen atoms in total. The second-order valence-corrected chi connectivity index (χ2v) is 14.3. The Hall–Kier alpha value is -5.62. The number of methoxy groups -OCH3 is 5. The number of Topliss-reactive ketones (excluding diaryl/α,β-unsaturated/α-hetero) is 1. The fraction of sp³-hybridized carbons (Fsp3) is 0.395. The molecule has 4 heterocycles. The quantitative estimate of drug-likeness (QED) is 0.120. The second kappa shape index (κ2) is 16.4. The van der Waals surface area contributed by atoms with Gasteiger partial charge in [0.05, 0.1) is 53.1 Å². The molecule has 12 heteroatoms. The number of ketones is 1. The summed E-state index contributed by atoms with van der Waals surface area (Å²) in [6.07, 6.45) is 6.70. The smallest absolute Gasteiger partial charge is 0.254 e. The summed E-state index contributed by atoms with van der Waals surface area (Å²) in [6.45, 7) is 4.07. The lowest BCUT2D eigenvalue weighted by Crippen LogP contribution is -2.41. The molecule has 1 amide bonds. The maximum absolute atomic E-state index is 14.1. The van der Waals surface area contributed by atoms with Gasteiger partial charge in [-0.25, -0.2) is 4.98 Å². The van der Waals surface area contributed by atoms with Crippen molar-refractivity contribution >= 4 is 22.7 Å². The van der Waals surface area contributed by atoms with Crippen molar-refractivity contribution in [2.75, 3.05) is 68.3 Å². The first kappa shape index (κ1) is 37.7. The number of para-hydroxylation sites is 2. The average Bonchev–Trinajstić information content (AvgIpc) is 3.85. The standard InChI is InChI=1S/C43H49N5O7/c1-51-35-13-12-32(25-36(35)52-2)43(17-22-47(28-43)42(50)31-23-37(53-3)40(55-5)38(24-31)54-4)16-21-46-19-14-30(15-20-46)39(49)41-45-33-10-6-7-11-34(33)48(41)27-29-9-8-18-44-26-29/h6-13,18,23-26,30H,14-17,19-22,27-28H2,1-5H3. The van der Waals surface area contributed by atoms with Gasteiger partial charge in [-0.05, 0) is 98.9 Å². The summed E-state index contributed by atoms with van der Waals surface area (Å²) < 4.78 is 29.9. The van der Waals surface area contributed by atoms with Crippen LogP contribution < -0.4 is 23.7 Å². The average molecular weight is 748 g/mol. The van der Waals surface area contributed by atoms with E-state index in [2.05, 4.69) is 22.0 Å². The fourth-order valence-corrected chi connectivity index (χ4v) is 8.25. The lowest BCUT2D eigenvalue weighted by molar-refractivity contribution is 0.0777. The molecule has 5 aromatic rings. The summed E-state index contributed by atoms with van der Waals surface area (Å²) in [5, 5.41) is 0. The number of amides is 1. The number of aromatic nitrogens is 3. The van der Waals surface area contributed by atoms with E-state index in [0.29, 0.717) is 59.8 Å². The van der Waals surface area contributed by atoms with Crippen molar-refractivity contribution in [3.8, 4) is 28.7 Å². The van der Waals surface area contributed by atoms with Crippen molar-refractivity contribution in [1.29, 1.82) is 0 Å². The largest absolute Gasteiger partial charge is 0.493 e. The zero-order chi connectivity index (χ0) is 38.5. The van der Waals surface area contributed by atoms with Crippen LogP contribution in [-0.2, 0) is 12.0 Å². The second-order valence-electron chi connectivity index (χ2n) is 14.3. The number of benzene rings is 3. The van der Waals surface area contributed by atoms with Gasteiger partial charge >= 0.3 is 0 Å². The van der Waals surface area contributed by atoms with Crippen LogP contribution in [0.2, 0.25) is 0 Å². The number of carbonyl (C=O) groups excluding carboxylic acids is 2. The molecule has 288 valence electrons. The first-order chi connectivity index (χ1) is 26.8. The van der Waals surface area contributed by atoms with Crippen molar-refractivity contribution in [2.24, 2.45) is 5.92 Å². The minimum absolute atomic E-state index is 0.0956. The van der Waals surface area contributed by atoms with E-state index >= 15 is 0 Å². The molecule has 1 unspecified atom stereocenters. The highest BCUT2D eigenvalue weighted by Gasteiger charge is 2.43. The SMILES string of the molecule is COc1ccc(C2(CCN3CCC(C(=O)c4nc5ccccc5n4Cc4cccnc4)CC3)CCN(C(=O)c3cc(OC)c(OC)c(OC)c3)C2)cc1OC. The third kappa shape index (κ3) is 7.55. The Morgan fingerprint density at radius 3 is 2.20 bits per heavy atom. The summed E-state index contributed by atoms with van der Waals surface area (Å²) in [5.74, 6) is 3.02. The number of piperidine rings is 1. The number of hydrogen-bond donors (Lipinski definition) is 0. The topological polar surface area (TPSA) is 117 Å². The number of pyridine rings is 1. The Kier molecular flexibility index (Phi) is 11.2. The van der Waals surface area contributed by atoms with Gasteiger partial charge in [0.2, 0.25) is 11.5 Å². The molecule has 2 saturated heterocycles. The van der Waals surface area contributed by atoms with E-state index < -0.39 is 0 Å². The maximum atomic E-state index is 14.1. The number of ether oxygens (including phenoxy) is 5. The predicted octanol–water partition coefficient (Wildman–Crippen LogP) is 6.29. The summed E-state index contributed by atoms with van der Waals surface area (Å²) in [4.78, 5) is 41.7. The van der Waals surface area contributed by atoms with Gasteiger partial charge in [0, 0.05) is 42.4 Å². The number of imidazole rings is 1. The molecule has 2 aliphatic rings. The van der Waals surface area contributed by atoms with Crippen molar-refractivity contribution in [1.82, 2.24) is 24.3 Å². The zero-order valence-corrected chi connectivity index (χ0v) is 32.2. The van der Waals surface area contributed by atoms with Crippen LogP contribution in [0.25, 0.3) is 11.0 Å². The van der Waals surface area contributed by atoms with E-state index in [4.69, 9.17) is 28.7 Å². The molecule has 7 rings (SSSR count). The van der Waals surface area contributed by atoms with Crippen molar-refractivity contribution in [3.63, 3.8) is 0 Å². The minimum atomic E-state index is -0.334. The van der Waals surface area contributed by atoms with E-state index in [-0.39, 0.29) is 23.0 Å². The highest BCUT2D eigenvalue weighted by molar-refractivity contribution is 5.98. The molecular weight excluding hydrogens is 699 g/mol. The Labute approximate surface area is 321 Å². The van der Waals surface area contributed by atoms with Gasteiger partial charge in [0.25, 0.3) is 5.91 Å². The normalized spacial score (nSPS) is 17.7. The number of nitrogens with zero attached hydrogens (tertiary/aromatic N) is 5. The van der Waals surface area contributed by atoms with Crippen molar-refractivity contribution < 1.29 is 33.3 Å². The molecule has 1 atom stereocenters. The van der Waals surface area contributed by atoms with Crippen LogP contribution in [0.3, 0.4) is 0 Å². The van der Waals surface area contributed by atoms with Crippen LogP contribution in [0.15, 0.2) is 79.1 Å². The minimum Gasteiger partial charge on any atom is -0.493 e. The number of likely N-dealkylation sites (tertiary alicyclic amines) is 2. The van der Waals surface area contributed by atoms with E-state index in [9.17, 15) is 9.59 Å². The highest BCUT2D eigenvalue weighted by atomic mass is 16.5. The van der Waals surface area contributed by atoms with E-state index in [1.165, 1.54) is 0 Å². The van der Waals surface area contributed by atoms with Gasteiger partial charge in [0.1, 0.15) is 0 Å². The summed E-state index contributed by atoms with van der Waals surface area (Å²) in [5.41, 5.74) is 4.03. The van der Waals surface area contributed by atoms with Gasteiger partial charge in [-0.15, -0.1) is 0 Å². The molecule has 0 spiro atoms. The molecule has 0 N–H and O–H groups in total. The van der Waals surface area contributed by atoms with Gasteiger partial charge < -0.3 is 38.1 Å². The number of carbonyl (C=O) groups is 2. The Morgan fingerprint density at radius 1 is 0.800 bits per heavy atom. The molecule has 0 bridgehead atoms. The molecule has 55 heavy (non-hydrogen) atoms. The highest BCUT2D eigenvalue weighted by Crippen LogP contribution is 2.43. The van der Waals surface area contributed by atoms with Crippen LogP contribution in [0.1, 0.15) is 57.8 Å². The summed E-state index contributed by atoms with van der Waals surface area (Å²) in [7, 11) is 7.90. The lowest BCUT2D eigenvalue weighted by Gasteiger charge is -2.36. The van der Waals surface area contributed by atoms with Gasteiger partial charge in [-0.2, -0.15) is 0 Å². The lowest BCUT2D eigenvalue weighted by atomic mass is 9.76. The van der Waals surface area contributed by atoms with Crippen LogP contribution in [-0.4, -0.2) is 104 Å². The molecule has 2 fully saturated rings. The molecular formula is C43H49N5O7. The Morgan fingerprint density at radius 2 is 1.53 bits per heavy atom. The third-order valence-corrected chi connectivity index (χ3v) is 11.4. The molecule has 0 aliphatic carbocycles. The molecule has 3 aromatic carbocycles. The molecule has 0 radical (unpaired) electrons. The van der Waals surface area contributed by atoms with Crippen LogP contribution >= 0.6 is 0 Å². The fourth-order valence-electron chi connectivity index (χ4n) is 8.25. The monoisotopic (exact) mass is 747 g/mol. The van der Waals surface area contributed by atoms with Gasteiger partial charge in [-0.1, -0.05) is 24.3 Å². The number of fused-ring (bicyclic) bond motifs is 1. The third-order valence-electron chi connectivity index (χ3n) is 11.4. The molecule has 2 aromatic heterocycles. The summed E-state index contributed by atoms with van der Waals surface area (Å²) in [6, 6.07) is 21.4. The Balaban J connectivity index is 1.08. The molecule has 0 saturated carbocycles.